The first-order valence-corrected chi connectivity index (χ1v) is 7.68. The second-order valence-corrected chi connectivity index (χ2v) is 5.62. The third-order valence-electron chi connectivity index (χ3n) is 3.43. The molecule has 0 heterocycles. The number of carbonyl (C=O) groups excluding carboxylic acids is 3. The van der Waals surface area contributed by atoms with Crippen LogP contribution in [0.4, 0.5) is 0 Å². The Morgan fingerprint density at radius 2 is 1.19 bits per heavy atom. The van der Waals surface area contributed by atoms with Gasteiger partial charge in [0, 0.05) is 6.92 Å². The van der Waals surface area contributed by atoms with Crippen LogP contribution in [-0.2, 0) is 14.4 Å². The summed E-state index contributed by atoms with van der Waals surface area (Å²) in [5.74, 6) is -1.90. The van der Waals surface area contributed by atoms with Crippen molar-refractivity contribution in [2.45, 2.75) is 55.6 Å². The molecule has 13 heteroatoms. The van der Waals surface area contributed by atoms with Crippen molar-refractivity contribution in [3.8, 4) is 0 Å². The number of rotatable bonds is 11. The quantitative estimate of drug-likeness (QED) is 0.114. The molecule has 12 N–H and O–H groups in total. The number of Topliss-reactive ketones (excluding diaryl/α,β-unsaturated/α-hetero) is 2. The molecule has 27 heavy (non-hydrogen) atoms. The Morgan fingerprint density at radius 1 is 0.815 bits per heavy atom. The number of hydrogen-bond donors (Lipinski definition) is 10. The summed E-state index contributed by atoms with van der Waals surface area (Å²) in [6, 6.07) is -2.88. The van der Waals surface area contributed by atoms with E-state index in [2.05, 4.69) is 0 Å². The summed E-state index contributed by atoms with van der Waals surface area (Å²) in [5.41, 5.74) is 10.2. The Kier molecular flexibility index (Phi) is 14.1. The van der Waals surface area contributed by atoms with Crippen LogP contribution in [-0.4, -0.2) is 121 Å². The number of carbonyl (C=O) groups is 3. The van der Waals surface area contributed by atoms with Gasteiger partial charge in [0.15, 0.2) is 5.78 Å². The van der Waals surface area contributed by atoms with E-state index < -0.39 is 73.5 Å². The first-order valence-electron chi connectivity index (χ1n) is 7.68. The highest BCUT2D eigenvalue weighted by atomic mass is 16.4. The average molecular weight is 400 g/mol. The van der Waals surface area contributed by atoms with Gasteiger partial charge in [-0.25, -0.2) is 0 Å². The largest absolute Gasteiger partial charge is 0.394 e. The van der Waals surface area contributed by atoms with Crippen LogP contribution in [0.1, 0.15) is 6.92 Å². The molecule has 0 saturated heterocycles. The molecule has 0 unspecified atom stereocenters. The SMILES string of the molecule is CC(=O)C(=O)[C@H](N)[C@@H](O)[C@H](O)[C@H](O)CO.N[C@@H](C=O)[C@@H](O)[C@H](O)[C@H](O)CO. The minimum atomic E-state index is -1.80. The van der Waals surface area contributed by atoms with E-state index in [0.717, 1.165) is 6.92 Å². The lowest BCUT2D eigenvalue weighted by Gasteiger charge is -2.24. The molecule has 0 aliphatic rings. The van der Waals surface area contributed by atoms with Crippen LogP contribution in [0.3, 0.4) is 0 Å². The van der Waals surface area contributed by atoms with Crippen LogP contribution in [0.15, 0.2) is 0 Å². The fraction of sp³-hybridized carbons (Fsp3) is 0.786. The second-order valence-electron chi connectivity index (χ2n) is 5.62. The molecule has 8 atom stereocenters. The Bertz CT molecular complexity index is 464. The van der Waals surface area contributed by atoms with Gasteiger partial charge in [-0.2, -0.15) is 0 Å². The maximum Gasteiger partial charge on any atom is 0.217 e. The summed E-state index contributed by atoms with van der Waals surface area (Å²) in [4.78, 5) is 31.6. The van der Waals surface area contributed by atoms with Crippen LogP contribution in [0, 0.1) is 0 Å². The van der Waals surface area contributed by atoms with E-state index in [1.165, 1.54) is 0 Å². The Labute approximate surface area is 154 Å². The molecule has 0 aliphatic heterocycles. The Morgan fingerprint density at radius 3 is 1.48 bits per heavy atom. The number of hydrogen-bond acceptors (Lipinski definition) is 13. The highest BCUT2D eigenvalue weighted by Crippen LogP contribution is 2.04. The molecule has 0 aromatic rings. The molecule has 0 amide bonds. The number of ketones is 2. The molecular formula is C14H28N2O11. The molecule has 0 aromatic heterocycles. The van der Waals surface area contributed by atoms with Gasteiger partial charge < -0.3 is 57.1 Å². The van der Waals surface area contributed by atoms with E-state index in [1.54, 1.807) is 0 Å². The van der Waals surface area contributed by atoms with E-state index in [0.29, 0.717) is 0 Å². The zero-order valence-corrected chi connectivity index (χ0v) is 14.6. The van der Waals surface area contributed by atoms with Gasteiger partial charge in [-0.15, -0.1) is 0 Å². The van der Waals surface area contributed by atoms with Gasteiger partial charge in [-0.1, -0.05) is 0 Å². The van der Waals surface area contributed by atoms with Crippen LogP contribution in [0.5, 0.6) is 0 Å². The summed E-state index contributed by atoms with van der Waals surface area (Å²) >= 11 is 0. The topological polar surface area (TPSA) is 265 Å². The zero-order chi connectivity index (χ0) is 21.9. The molecule has 0 fully saturated rings. The molecule has 160 valence electrons. The number of nitrogens with two attached hydrogens (primary N) is 2. The summed E-state index contributed by atoms with van der Waals surface area (Å²) < 4.78 is 0. The third kappa shape index (κ3) is 9.39. The molecule has 0 aromatic carbocycles. The third-order valence-corrected chi connectivity index (χ3v) is 3.43. The minimum Gasteiger partial charge on any atom is -0.394 e. The molecular weight excluding hydrogens is 372 g/mol. The smallest absolute Gasteiger partial charge is 0.217 e. The molecule has 0 rings (SSSR count). The van der Waals surface area contributed by atoms with Gasteiger partial charge >= 0.3 is 0 Å². The van der Waals surface area contributed by atoms with E-state index in [1.807, 2.05) is 0 Å². The Balaban J connectivity index is 0. The van der Waals surface area contributed by atoms with Crippen molar-refractivity contribution >= 4 is 17.9 Å². The molecule has 0 bridgehead atoms. The molecule has 0 saturated carbocycles. The van der Waals surface area contributed by atoms with Crippen molar-refractivity contribution in [2.24, 2.45) is 11.5 Å². The standard InChI is InChI=1S/C8H15NO6.C6H13NO5/c1-3(11)6(13)5(9)8(15)7(14)4(12)2-10;7-3(1-8)5(11)6(12)4(10)2-9/h4-5,7-8,10,12,14-15H,2,9H2,1H3;1,3-6,9-12H,2,7H2/t4-,5+,7-,8-;3-,4+,5+,6+/m10/s1. The lowest BCUT2D eigenvalue weighted by Crippen LogP contribution is -2.54. The van der Waals surface area contributed by atoms with Crippen molar-refractivity contribution in [1.29, 1.82) is 0 Å². The number of aliphatic hydroxyl groups excluding tert-OH is 8. The van der Waals surface area contributed by atoms with Gasteiger partial charge in [-0.05, 0) is 0 Å². The average Bonchev–Trinajstić information content (AvgIpc) is 2.68. The molecule has 0 spiro atoms. The second kappa shape index (κ2) is 13.7. The van der Waals surface area contributed by atoms with E-state index in [9.17, 15) is 24.6 Å². The van der Waals surface area contributed by atoms with Gasteiger partial charge in [0.25, 0.3) is 0 Å². The van der Waals surface area contributed by atoms with E-state index >= 15 is 0 Å². The normalized spacial score (nSPS) is 20.0. The molecule has 0 aliphatic carbocycles. The summed E-state index contributed by atoms with van der Waals surface area (Å²) in [6.45, 7) is -0.521. The number of aliphatic hydroxyl groups is 8. The van der Waals surface area contributed by atoms with Crippen molar-refractivity contribution in [3.05, 3.63) is 0 Å². The van der Waals surface area contributed by atoms with Crippen molar-refractivity contribution in [2.75, 3.05) is 13.2 Å². The van der Waals surface area contributed by atoms with Gasteiger partial charge in [-0.3, -0.25) is 9.59 Å². The summed E-state index contributed by atoms with van der Waals surface area (Å²) in [6.07, 6.45) is -9.63. The lowest BCUT2D eigenvalue weighted by molar-refractivity contribution is -0.141. The van der Waals surface area contributed by atoms with Gasteiger partial charge in [0.1, 0.15) is 49.0 Å². The molecule has 0 radical (unpaired) electrons. The van der Waals surface area contributed by atoms with Gasteiger partial charge in [0.2, 0.25) is 5.78 Å². The maximum atomic E-state index is 11.0. The highest BCUT2D eigenvalue weighted by molar-refractivity contribution is 6.38. The first kappa shape index (κ1) is 27.8. The van der Waals surface area contributed by atoms with Crippen LogP contribution < -0.4 is 11.5 Å². The summed E-state index contributed by atoms with van der Waals surface area (Å²) in [7, 11) is 0. The van der Waals surface area contributed by atoms with Crippen LogP contribution in [0.2, 0.25) is 0 Å². The first-order chi connectivity index (χ1) is 12.4. The van der Waals surface area contributed by atoms with E-state index in [-0.39, 0.29) is 6.29 Å². The van der Waals surface area contributed by atoms with Gasteiger partial charge in [0.05, 0.1) is 19.3 Å². The maximum absolute atomic E-state index is 11.0. The summed E-state index contributed by atoms with van der Waals surface area (Å²) in [5, 5.41) is 71.1. The van der Waals surface area contributed by atoms with Crippen molar-refractivity contribution in [3.63, 3.8) is 0 Å². The predicted molar refractivity (Wildman–Crippen MR) is 87.9 cm³/mol. The Hall–Kier alpha value is -1.39. The predicted octanol–water partition coefficient (Wildman–Crippen LogP) is -6.87. The highest BCUT2D eigenvalue weighted by Gasteiger charge is 2.34. The minimum absolute atomic E-state index is 0.248. The lowest BCUT2D eigenvalue weighted by atomic mass is 9.97. The van der Waals surface area contributed by atoms with Crippen molar-refractivity contribution in [1.82, 2.24) is 0 Å². The fourth-order valence-electron chi connectivity index (χ4n) is 1.58. The zero-order valence-electron chi connectivity index (χ0n) is 14.6. The number of aldehydes is 1. The van der Waals surface area contributed by atoms with Crippen molar-refractivity contribution < 1.29 is 55.2 Å². The van der Waals surface area contributed by atoms with E-state index in [4.69, 9.17) is 42.1 Å². The fourth-order valence-corrected chi connectivity index (χ4v) is 1.58. The molecule has 13 nitrogen and oxygen atoms in total. The van der Waals surface area contributed by atoms with Crippen LogP contribution >= 0.6 is 0 Å². The monoisotopic (exact) mass is 400 g/mol. The van der Waals surface area contributed by atoms with Crippen LogP contribution in [0.25, 0.3) is 0 Å².